The third kappa shape index (κ3) is 2.67. The van der Waals surface area contributed by atoms with Gasteiger partial charge >= 0.3 is 0 Å². The van der Waals surface area contributed by atoms with Gasteiger partial charge in [-0.15, -0.1) is 0 Å². The van der Waals surface area contributed by atoms with E-state index >= 15 is 0 Å². The van der Waals surface area contributed by atoms with Gasteiger partial charge in [0.1, 0.15) is 11.6 Å². The molecular formula is C12H11BrFNO. The predicted molar refractivity (Wildman–Crippen MR) is 62.9 cm³/mol. The van der Waals surface area contributed by atoms with Gasteiger partial charge in [-0.1, -0.05) is 28.9 Å². The molecule has 1 aromatic carbocycles. The number of carbonyl (C=O) groups excluding carboxylic acids is 1. The first kappa shape index (κ1) is 12.9. The highest BCUT2D eigenvalue weighted by Crippen LogP contribution is 2.28. The van der Waals surface area contributed by atoms with Crippen LogP contribution < -0.4 is 0 Å². The monoisotopic (exact) mass is 283 g/mol. The summed E-state index contributed by atoms with van der Waals surface area (Å²) in [5, 5.41) is 8.90. The van der Waals surface area contributed by atoms with Crippen molar-refractivity contribution in [2.24, 2.45) is 0 Å². The van der Waals surface area contributed by atoms with E-state index in [1.807, 2.05) is 13.0 Å². The van der Waals surface area contributed by atoms with Gasteiger partial charge in [-0.05, 0) is 24.6 Å². The summed E-state index contributed by atoms with van der Waals surface area (Å²) in [6.45, 7) is 3.31. The Labute approximate surface area is 102 Å². The number of carbonyl (C=O) groups is 1. The highest BCUT2D eigenvalue weighted by molar-refractivity contribution is 9.10. The molecule has 0 saturated heterocycles. The lowest BCUT2D eigenvalue weighted by Crippen LogP contribution is -2.18. The first-order valence-corrected chi connectivity index (χ1v) is 5.73. The quantitative estimate of drug-likeness (QED) is 0.800. The zero-order valence-corrected chi connectivity index (χ0v) is 10.6. The topological polar surface area (TPSA) is 40.9 Å². The molecule has 0 bridgehead atoms. The van der Waals surface area contributed by atoms with Gasteiger partial charge in [-0.3, -0.25) is 4.79 Å². The molecule has 0 saturated carbocycles. The molecule has 0 radical (unpaired) electrons. The SMILES string of the molecule is CC(=O)C(Br)C(C)c1ccc(F)cc1C#N. The highest BCUT2D eigenvalue weighted by Gasteiger charge is 2.22. The fourth-order valence-corrected chi connectivity index (χ4v) is 1.82. The number of ketones is 1. The van der Waals surface area contributed by atoms with Crippen LogP contribution >= 0.6 is 15.9 Å². The number of halogens is 2. The summed E-state index contributed by atoms with van der Waals surface area (Å²) in [6.07, 6.45) is 0. The molecule has 16 heavy (non-hydrogen) atoms. The van der Waals surface area contributed by atoms with Crippen molar-refractivity contribution in [2.75, 3.05) is 0 Å². The fraction of sp³-hybridized carbons (Fsp3) is 0.333. The summed E-state index contributed by atoms with van der Waals surface area (Å²) in [5.41, 5.74) is 0.958. The van der Waals surface area contributed by atoms with E-state index in [4.69, 9.17) is 5.26 Å². The Bertz CT molecular complexity index is 453. The predicted octanol–water partition coefficient (Wildman–Crippen LogP) is 3.15. The number of benzene rings is 1. The van der Waals surface area contributed by atoms with E-state index in [2.05, 4.69) is 15.9 Å². The molecule has 2 unspecified atom stereocenters. The Morgan fingerprint density at radius 2 is 2.19 bits per heavy atom. The molecule has 1 rings (SSSR count). The second-order valence-corrected chi connectivity index (χ2v) is 4.63. The maximum absolute atomic E-state index is 12.9. The number of alkyl halides is 1. The molecule has 84 valence electrons. The number of Topliss-reactive ketones (excluding diaryl/α,β-unsaturated/α-hetero) is 1. The summed E-state index contributed by atoms with van der Waals surface area (Å²) in [6, 6.07) is 5.97. The van der Waals surface area contributed by atoms with E-state index in [0.29, 0.717) is 5.56 Å². The minimum atomic E-state index is -0.443. The van der Waals surface area contributed by atoms with Gasteiger partial charge in [0.05, 0.1) is 16.5 Å². The van der Waals surface area contributed by atoms with Crippen molar-refractivity contribution in [3.05, 3.63) is 35.1 Å². The first-order valence-electron chi connectivity index (χ1n) is 4.81. The van der Waals surface area contributed by atoms with E-state index in [-0.39, 0.29) is 22.1 Å². The van der Waals surface area contributed by atoms with Crippen molar-refractivity contribution >= 4 is 21.7 Å². The molecule has 2 atom stereocenters. The van der Waals surface area contributed by atoms with Gasteiger partial charge in [0, 0.05) is 5.92 Å². The highest BCUT2D eigenvalue weighted by atomic mass is 79.9. The van der Waals surface area contributed by atoms with Crippen LogP contribution in [0.2, 0.25) is 0 Å². The molecule has 0 spiro atoms. The average molecular weight is 284 g/mol. The van der Waals surface area contributed by atoms with E-state index in [0.717, 1.165) is 0 Å². The van der Waals surface area contributed by atoms with Gasteiger partial charge in [0.25, 0.3) is 0 Å². The zero-order chi connectivity index (χ0) is 12.3. The Balaban J connectivity index is 3.14. The summed E-state index contributed by atoms with van der Waals surface area (Å²) in [7, 11) is 0. The number of hydrogen-bond donors (Lipinski definition) is 0. The van der Waals surface area contributed by atoms with Crippen LogP contribution in [0.3, 0.4) is 0 Å². The molecule has 0 fully saturated rings. The third-order valence-electron chi connectivity index (χ3n) is 2.45. The average Bonchev–Trinajstić information content (AvgIpc) is 2.26. The lowest BCUT2D eigenvalue weighted by atomic mass is 9.92. The fourth-order valence-electron chi connectivity index (χ4n) is 1.53. The van der Waals surface area contributed by atoms with Crippen LogP contribution in [0, 0.1) is 17.1 Å². The van der Waals surface area contributed by atoms with Gasteiger partial charge in [-0.2, -0.15) is 5.26 Å². The van der Waals surface area contributed by atoms with Crippen LogP contribution in [0.15, 0.2) is 18.2 Å². The van der Waals surface area contributed by atoms with E-state index in [1.54, 1.807) is 6.07 Å². The Kier molecular flexibility index (Phi) is 4.19. The molecule has 4 heteroatoms. The largest absolute Gasteiger partial charge is 0.299 e. The van der Waals surface area contributed by atoms with E-state index < -0.39 is 5.82 Å². The van der Waals surface area contributed by atoms with E-state index in [1.165, 1.54) is 19.1 Å². The smallest absolute Gasteiger partial charge is 0.144 e. The molecule has 0 heterocycles. The zero-order valence-electron chi connectivity index (χ0n) is 9.00. The standard InChI is InChI=1S/C12H11BrFNO/c1-7(12(13)8(2)16)11-4-3-10(14)5-9(11)6-15/h3-5,7,12H,1-2H3. The minimum absolute atomic E-state index is 0.0132. The Morgan fingerprint density at radius 1 is 1.56 bits per heavy atom. The second-order valence-electron chi connectivity index (χ2n) is 3.64. The van der Waals surface area contributed by atoms with Crippen molar-refractivity contribution in [1.82, 2.24) is 0 Å². The van der Waals surface area contributed by atoms with Crippen molar-refractivity contribution < 1.29 is 9.18 Å². The number of hydrogen-bond acceptors (Lipinski definition) is 2. The Morgan fingerprint density at radius 3 is 2.69 bits per heavy atom. The van der Waals surface area contributed by atoms with Gasteiger partial charge in [0.15, 0.2) is 0 Å². The number of nitriles is 1. The van der Waals surface area contributed by atoms with Crippen LogP contribution in [-0.4, -0.2) is 10.6 Å². The molecule has 0 aliphatic carbocycles. The molecule has 2 nitrogen and oxygen atoms in total. The maximum atomic E-state index is 12.9. The number of nitrogens with zero attached hydrogens (tertiary/aromatic N) is 1. The van der Waals surface area contributed by atoms with Crippen molar-refractivity contribution in [2.45, 2.75) is 24.6 Å². The molecule has 0 aliphatic heterocycles. The maximum Gasteiger partial charge on any atom is 0.144 e. The number of rotatable bonds is 3. The molecule has 0 aromatic heterocycles. The molecule has 0 amide bonds. The molecular weight excluding hydrogens is 273 g/mol. The normalized spacial score (nSPS) is 13.9. The van der Waals surface area contributed by atoms with Crippen molar-refractivity contribution in [3.8, 4) is 6.07 Å². The van der Waals surface area contributed by atoms with Crippen LogP contribution in [0.1, 0.15) is 30.9 Å². The molecule has 0 aliphatic rings. The summed E-state index contributed by atoms with van der Waals surface area (Å²) >= 11 is 3.27. The van der Waals surface area contributed by atoms with Gasteiger partial charge in [0.2, 0.25) is 0 Å². The lowest BCUT2D eigenvalue weighted by molar-refractivity contribution is -0.116. The van der Waals surface area contributed by atoms with Crippen LogP contribution in [-0.2, 0) is 4.79 Å². The first-order chi connectivity index (χ1) is 7.47. The summed E-state index contributed by atoms with van der Waals surface area (Å²) in [5.74, 6) is -0.616. The van der Waals surface area contributed by atoms with Crippen molar-refractivity contribution in [3.63, 3.8) is 0 Å². The third-order valence-corrected chi connectivity index (χ3v) is 3.89. The van der Waals surface area contributed by atoms with Crippen LogP contribution in [0.25, 0.3) is 0 Å². The van der Waals surface area contributed by atoms with Crippen LogP contribution in [0.5, 0.6) is 0 Å². The lowest BCUT2D eigenvalue weighted by Gasteiger charge is -2.17. The minimum Gasteiger partial charge on any atom is -0.299 e. The second kappa shape index (κ2) is 5.22. The Hall–Kier alpha value is -1.21. The molecule has 0 N–H and O–H groups in total. The van der Waals surface area contributed by atoms with Crippen LogP contribution in [0.4, 0.5) is 4.39 Å². The summed E-state index contributed by atoms with van der Waals surface area (Å²) < 4.78 is 12.9. The summed E-state index contributed by atoms with van der Waals surface area (Å²) in [4.78, 5) is 10.9. The van der Waals surface area contributed by atoms with Crippen molar-refractivity contribution in [1.29, 1.82) is 5.26 Å². The van der Waals surface area contributed by atoms with Gasteiger partial charge < -0.3 is 0 Å². The van der Waals surface area contributed by atoms with E-state index in [9.17, 15) is 9.18 Å². The van der Waals surface area contributed by atoms with Gasteiger partial charge in [-0.25, -0.2) is 4.39 Å². The molecule has 1 aromatic rings.